The Morgan fingerprint density at radius 2 is 2.12 bits per heavy atom. The Bertz CT molecular complexity index is 578. The third kappa shape index (κ3) is 2.00. The standard InChI is InChI=1S/C11H5N3OS/c12-4-8-1-2-10(9(3-8)5-13)15-11-6-16-7-14-11/h1-3,6-7H. The van der Waals surface area contributed by atoms with Crippen LogP contribution in [0.3, 0.4) is 0 Å². The van der Waals surface area contributed by atoms with E-state index in [1.165, 1.54) is 17.4 Å². The Balaban J connectivity index is 2.36. The zero-order chi connectivity index (χ0) is 11.4. The van der Waals surface area contributed by atoms with E-state index in [0.717, 1.165) is 0 Å². The van der Waals surface area contributed by atoms with E-state index in [-0.39, 0.29) is 0 Å². The molecule has 2 rings (SSSR count). The first-order valence-electron chi connectivity index (χ1n) is 4.34. The number of nitriles is 2. The van der Waals surface area contributed by atoms with Crippen LogP contribution in [0.2, 0.25) is 0 Å². The van der Waals surface area contributed by atoms with Crippen molar-refractivity contribution in [3.63, 3.8) is 0 Å². The third-order valence-corrected chi connectivity index (χ3v) is 2.42. The van der Waals surface area contributed by atoms with Crippen molar-refractivity contribution < 1.29 is 4.74 Å². The summed E-state index contributed by atoms with van der Waals surface area (Å²) in [6.07, 6.45) is 0. The fourth-order valence-electron chi connectivity index (χ4n) is 1.14. The van der Waals surface area contributed by atoms with E-state index in [1.54, 1.807) is 23.0 Å². The molecule has 0 aliphatic carbocycles. The van der Waals surface area contributed by atoms with Gasteiger partial charge in [-0.3, -0.25) is 0 Å². The predicted molar refractivity (Wildman–Crippen MR) is 58.1 cm³/mol. The molecule has 2 aromatic rings. The minimum atomic E-state index is 0.326. The first-order chi connectivity index (χ1) is 7.83. The minimum Gasteiger partial charge on any atom is -0.437 e. The van der Waals surface area contributed by atoms with Gasteiger partial charge in [0, 0.05) is 0 Å². The molecule has 0 radical (unpaired) electrons. The molecule has 0 aliphatic heterocycles. The van der Waals surface area contributed by atoms with Crippen LogP contribution in [0.5, 0.6) is 11.6 Å². The third-order valence-electron chi connectivity index (χ3n) is 1.85. The van der Waals surface area contributed by atoms with Crippen molar-refractivity contribution >= 4 is 11.3 Å². The summed E-state index contributed by atoms with van der Waals surface area (Å²) >= 11 is 1.41. The van der Waals surface area contributed by atoms with Gasteiger partial charge in [-0.1, -0.05) is 0 Å². The quantitative estimate of drug-likeness (QED) is 0.790. The molecule has 0 bridgehead atoms. The maximum absolute atomic E-state index is 8.91. The van der Waals surface area contributed by atoms with Gasteiger partial charge in [-0.25, -0.2) is 4.98 Å². The molecular formula is C11H5N3OS. The number of aromatic nitrogens is 1. The highest BCUT2D eigenvalue weighted by Gasteiger charge is 2.06. The predicted octanol–water partition coefficient (Wildman–Crippen LogP) is 2.68. The number of thiazole rings is 1. The van der Waals surface area contributed by atoms with Gasteiger partial charge in [0.2, 0.25) is 5.88 Å². The molecule has 0 saturated heterocycles. The molecule has 0 amide bonds. The van der Waals surface area contributed by atoms with Crippen molar-refractivity contribution in [1.82, 2.24) is 4.98 Å². The molecule has 4 nitrogen and oxygen atoms in total. The van der Waals surface area contributed by atoms with E-state index in [1.807, 2.05) is 12.1 Å². The molecule has 0 saturated carbocycles. The van der Waals surface area contributed by atoms with Crippen LogP contribution in [0, 0.1) is 22.7 Å². The van der Waals surface area contributed by atoms with E-state index in [4.69, 9.17) is 15.3 Å². The highest BCUT2D eigenvalue weighted by Crippen LogP contribution is 2.25. The van der Waals surface area contributed by atoms with Gasteiger partial charge in [0.1, 0.15) is 11.8 Å². The molecule has 0 fully saturated rings. The largest absolute Gasteiger partial charge is 0.437 e. The molecule has 16 heavy (non-hydrogen) atoms. The summed E-state index contributed by atoms with van der Waals surface area (Å²) in [6, 6.07) is 8.63. The second kappa shape index (κ2) is 4.43. The van der Waals surface area contributed by atoms with Gasteiger partial charge in [-0.15, -0.1) is 11.3 Å². The monoisotopic (exact) mass is 227 g/mol. The van der Waals surface area contributed by atoms with Gasteiger partial charge >= 0.3 is 0 Å². The van der Waals surface area contributed by atoms with Crippen molar-refractivity contribution in [3.8, 4) is 23.8 Å². The Morgan fingerprint density at radius 3 is 2.75 bits per heavy atom. The molecule has 0 unspecified atom stereocenters. The van der Waals surface area contributed by atoms with Crippen LogP contribution >= 0.6 is 11.3 Å². The van der Waals surface area contributed by atoms with E-state index >= 15 is 0 Å². The van der Waals surface area contributed by atoms with Gasteiger partial charge in [0.15, 0.2) is 0 Å². The van der Waals surface area contributed by atoms with Crippen molar-refractivity contribution in [2.24, 2.45) is 0 Å². The lowest BCUT2D eigenvalue weighted by atomic mass is 10.1. The molecule has 1 heterocycles. The summed E-state index contributed by atoms with van der Waals surface area (Å²) in [5, 5.41) is 19.3. The highest BCUT2D eigenvalue weighted by atomic mass is 32.1. The van der Waals surface area contributed by atoms with Crippen molar-refractivity contribution in [2.45, 2.75) is 0 Å². The Kier molecular flexibility index (Phi) is 2.81. The first-order valence-corrected chi connectivity index (χ1v) is 5.28. The molecule has 0 aliphatic rings. The van der Waals surface area contributed by atoms with E-state index < -0.39 is 0 Å². The molecule has 0 N–H and O–H groups in total. The lowest BCUT2D eigenvalue weighted by Gasteiger charge is -2.03. The first kappa shape index (κ1) is 10.2. The van der Waals surface area contributed by atoms with E-state index in [0.29, 0.717) is 22.8 Å². The van der Waals surface area contributed by atoms with Crippen LogP contribution in [0.4, 0.5) is 0 Å². The van der Waals surface area contributed by atoms with Gasteiger partial charge in [-0.05, 0) is 18.2 Å². The number of nitrogens with zero attached hydrogens (tertiary/aromatic N) is 3. The summed E-state index contributed by atoms with van der Waals surface area (Å²) < 4.78 is 5.41. The normalized spacial score (nSPS) is 9.12. The lowest BCUT2D eigenvalue weighted by Crippen LogP contribution is -1.89. The molecule has 76 valence electrons. The second-order valence-corrected chi connectivity index (χ2v) is 3.58. The molecule has 5 heteroatoms. The summed E-state index contributed by atoms with van der Waals surface area (Å²) in [5.74, 6) is 0.860. The maximum atomic E-state index is 8.91. The van der Waals surface area contributed by atoms with Crippen LogP contribution < -0.4 is 4.74 Å². The van der Waals surface area contributed by atoms with Crippen molar-refractivity contribution in [3.05, 3.63) is 40.2 Å². The topological polar surface area (TPSA) is 69.7 Å². The van der Waals surface area contributed by atoms with Crippen LogP contribution in [0.15, 0.2) is 29.1 Å². The number of hydrogen-bond acceptors (Lipinski definition) is 5. The maximum Gasteiger partial charge on any atom is 0.230 e. The van der Waals surface area contributed by atoms with Crippen molar-refractivity contribution in [1.29, 1.82) is 10.5 Å². The molecule has 0 atom stereocenters. The molecule has 0 spiro atoms. The second-order valence-electron chi connectivity index (χ2n) is 2.86. The van der Waals surface area contributed by atoms with E-state index in [2.05, 4.69) is 4.98 Å². The Hall–Kier alpha value is -2.37. The SMILES string of the molecule is N#Cc1ccc(Oc2cscn2)c(C#N)c1. The van der Waals surface area contributed by atoms with Gasteiger partial charge in [0.25, 0.3) is 0 Å². The molecule has 1 aromatic heterocycles. The molecular weight excluding hydrogens is 222 g/mol. The summed E-state index contributed by atoms with van der Waals surface area (Å²) in [7, 11) is 0. The zero-order valence-electron chi connectivity index (χ0n) is 8.04. The van der Waals surface area contributed by atoms with Gasteiger partial charge < -0.3 is 4.74 Å². The van der Waals surface area contributed by atoms with Crippen molar-refractivity contribution in [2.75, 3.05) is 0 Å². The van der Waals surface area contributed by atoms with Crippen LogP contribution in [-0.2, 0) is 0 Å². The average Bonchev–Trinajstić information content (AvgIpc) is 2.82. The van der Waals surface area contributed by atoms with Crippen LogP contribution in [0.25, 0.3) is 0 Å². The van der Waals surface area contributed by atoms with Gasteiger partial charge in [-0.2, -0.15) is 10.5 Å². The highest BCUT2D eigenvalue weighted by molar-refractivity contribution is 7.07. The van der Waals surface area contributed by atoms with Crippen LogP contribution in [-0.4, -0.2) is 4.98 Å². The fourth-order valence-corrected chi connectivity index (χ4v) is 1.59. The van der Waals surface area contributed by atoms with E-state index in [9.17, 15) is 0 Å². The lowest BCUT2D eigenvalue weighted by molar-refractivity contribution is 0.465. The average molecular weight is 227 g/mol. The van der Waals surface area contributed by atoms with Gasteiger partial charge in [0.05, 0.1) is 28.1 Å². The number of rotatable bonds is 2. The summed E-state index contributed by atoms with van der Waals surface area (Å²) in [6.45, 7) is 0. The fraction of sp³-hybridized carbons (Fsp3) is 0. The number of ether oxygens (including phenoxy) is 1. The Morgan fingerprint density at radius 1 is 1.25 bits per heavy atom. The minimum absolute atomic E-state index is 0.326. The molecule has 1 aromatic carbocycles. The number of benzene rings is 1. The smallest absolute Gasteiger partial charge is 0.230 e. The Labute approximate surface area is 96.0 Å². The zero-order valence-corrected chi connectivity index (χ0v) is 8.86. The summed E-state index contributed by atoms with van der Waals surface area (Å²) in [4.78, 5) is 3.95. The number of hydrogen-bond donors (Lipinski definition) is 0. The summed E-state index contributed by atoms with van der Waals surface area (Å²) in [5.41, 5.74) is 2.40. The van der Waals surface area contributed by atoms with Crippen LogP contribution in [0.1, 0.15) is 11.1 Å².